The molecular formula is C17H16ClNO3. The fraction of sp³-hybridized carbons (Fsp3) is 0.118. The zero-order chi connectivity index (χ0) is 15.9. The summed E-state index contributed by atoms with van der Waals surface area (Å²) in [5.74, 6) is 0. The van der Waals surface area contributed by atoms with Crippen LogP contribution in [0.15, 0.2) is 48.5 Å². The van der Waals surface area contributed by atoms with Crippen LogP contribution in [0.5, 0.6) is 0 Å². The number of carbonyl (C=O) groups is 1. The van der Waals surface area contributed by atoms with E-state index in [1.165, 1.54) is 7.11 Å². The maximum absolute atomic E-state index is 11.4. The molecule has 0 fully saturated rings. The molecule has 1 amide bonds. The van der Waals surface area contributed by atoms with Crippen LogP contribution in [0.3, 0.4) is 0 Å². The van der Waals surface area contributed by atoms with Crippen LogP contribution in [0, 0.1) is 0 Å². The maximum Gasteiger partial charge on any atom is 0.413 e. The average molecular weight is 318 g/mol. The number of nitrogens with zero attached hydrogens (tertiary/aromatic N) is 1. The molecule has 114 valence electrons. The minimum Gasteiger partial charge on any atom is -0.465 e. The molecule has 0 saturated carbocycles. The number of amides is 1. The average Bonchev–Trinajstić information content (AvgIpc) is 2.52. The lowest BCUT2D eigenvalue weighted by Gasteiger charge is -2.20. The van der Waals surface area contributed by atoms with Crippen molar-refractivity contribution in [1.29, 1.82) is 0 Å². The molecule has 0 spiro atoms. The molecule has 5 heteroatoms. The summed E-state index contributed by atoms with van der Waals surface area (Å²) >= 11 is 6.12. The molecule has 2 aromatic rings. The van der Waals surface area contributed by atoms with Crippen LogP contribution in [-0.4, -0.2) is 25.0 Å². The molecule has 2 rings (SSSR count). The Labute approximate surface area is 134 Å². The molecule has 22 heavy (non-hydrogen) atoms. The van der Waals surface area contributed by atoms with Crippen LogP contribution in [0.4, 0.5) is 10.5 Å². The Balaban J connectivity index is 2.36. The van der Waals surface area contributed by atoms with Gasteiger partial charge in [0.25, 0.3) is 0 Å². The van der Waals surface area contributed by atoms with Gasteiger partial charge in [-0.15, -0.1) is 0 Å². The van der Waals surface area contributed by atoms with Crippen LogP contribution in [0.25, 0.3) is 12.2 Å². The van der Waals surface area contributed by atoms with Gasteiger partial charge in [0.1, 0.15) is 6.73 Å². The number of benzene rings is 2. The molecule has 0 aromatic heterocycles. The van der Waals surface area contributed by atoms with E-state index in [9.17, 15) is 9.90 Å². The van der Waals surface area contributed by atoms with Crippen molar-refractivity contribution < 1.29 is 14.6 Å². The van der Waals surface area contributed by atoms with E-state index in [2.05, 4.69) is 0 Å². The highest BCUT2D eigenvalue weighted by atomic mass is 35.5. The number of para-hydroxylation sites is 1. The lowest BCUT2D eigenvalue weighted by molar-refractivity contribution is 0.168. The Morgan fingerprint density at radius 3 is 2.36 bits per heavy atom. The summed E-state index contributed by atoms with van der Waals surface area (Å²) in [4.78, 5) is 12.5. The number of methoxy groups -OCH3 is 1. The molecule has 0 bridgehead atoms. The third-order valence-electron chi connectivity index (χ3n) is 3.06. The number of ether oxygens (including phenoxy) is 1. The summed E-state index contributed by atoms with van der Waals surface area (Å²) in [6.45, 7) is -0.0354. The van der Waals surface area contributed by atoms with Gasteiger partial charge in [0.2, 0.25) is 0 Å². The molecule has 0 unspecified atom stereocenters. The van der Waals surface area contributed by atoms with Gasteiger partial charge >= 0.3 is 6.09 Å². The van der Waals surface area contributed by atoms with Gasteiger partial charge in [0.05, 0.1) is 5.69 Å². The van der Waals surface area contributed by atoms with Crippen LogP contribution in [0.1, 0.15) is 11.1 Å². The molecular weight excluding hydrogens is 302 g/mol. The number of rotatable bonds is 5. The van der Waals surface area contributed by atoms with Gasteiger partial charge in [0.15, 0.2) is 0 Å². The van der Waals surface area contributed by atoms with Crippen LogP contribution >= 0.6 is 11.6 Å². The zero-order valence-electron chi connectivity index (χ0n) is 12.1. The first-order chi connectivity index (χ1) is 10.6. The quantitative estimate of drug-likeness (QED) is 0.647. The highest BCUT2D eigenvalue weighted by molar-refractivity contribution is 6.32. The lowest BCUT2D eigenvalue weighted by atomic mass is 10.1. The maximum atomic E-state index is 11.4. The Morgan fingerprint density at radius 1 is 1.14 bits per heavy atom. The van der Waals surface area contributed by atoms with Gasteiger partial charge in [0, 0.05) is 12.1 Å². The summed E-state index contributed by atoms with van der Waals surface area (Å²) in [6.07, 6.45) is 2.62. The van der Waals surface area contributed by atoms with Gasteiger partial charge in [-0.05, 0) is 23.3 Å². The second kappa shape index (κ2) is 7.64. The van der Waals surface area contributed by atoms with Crippen LogP contribution < -0.4 is 4.90 Å². The smallest absolute Gasteiger partial charge is 0.413 e. The monoisotopic (exact) mass is 317 g/mol. The molecule has 0 aliphatic carbocycles. The van der Waals surface area contributed by atoms with Gasteiger partial charge in [-0.2, -0.15) is 0 Å². The largest absolute Gasteiger partial charge is 0.465 e. The van der Waals surface area contributed by atoms with E-state index < -0.39 is 6.09 Å². The standard InChI is InChI=1S/C17H16ClNO3/c1-22-12-19(17(20)21)16-9-5-3-7-14(16)11-10-13-6-2-4-8-15(13)18/h2-11H,12H2,1H3,(H,20,21)/b11-10+. The zero-order valence-corrected chi connectivity index (χ0v) is 12.8. The van der Waals surface area contributed by atoms with E-state index in [0.717, 1.165) is 16.0 Å². The van der Waals surface area contributed by atoms with Crippen molar-refractivity contribution in [2.75, 3.05) is 18.7 Å². The van der Waals surface area contributed by atoms with Gasteiger partial charge in [-0.3, -0.25) is 4.90 Å². The molecule has 2 aromatic carbocycles. The fourth-order valence-electron chi connectivity index (χ4n) is 2.02. The van der Waals surface area contributed by atoms with Crippen molar-refractivity contribution in [3.8, 4) is 0 Å². The van der Waals surface area contributed by atoms with E-state index in [4.69, 9.17) is 16.3 Å². The SMILES string of the molecule is COCN(C(=O)O)c1ccccc1/C=C/c1ccccc1Cl. The summed E-state index contributed by atoms with van der Waals surface area (Å²) in [7, 11) is 1.46. The third kappa shape index (κ3) is 3.87. The summed E-state index contributed by atoms with van der Waals surface area (Å²) in [5.41, 5.74) is 2.19. The fourth-order valence-corrected chi connectivity index (χ4v) is 2.22. The Hall–Kier alpha value is -2.30. The minimum atomic E-state index is -1.07. The van der Waals surface area contributed by atoms with E-state index in [1.807, 2.05) is 48.6 Å². The van der Waals surface area contributed by atoms with Crippen molar-refractivity contribution in [2.24, 2.45) is 0 Å². The predicted octanol–water partition coefficient (Wildman–Crippen LogP) is 4.60. The van der Waals surface area contributed by atoms with E-state index in [0.29, 0.717) is 10.7 Å². The first kappa shape index (κ1) is 16.1. The van der Waals surface area contributed by atoms with Gasteiger partial charge in [-0.1, -0.05) is 60.2 Å². The van der Waals surface area contributed by atoms with Crippen molar-refractivity contribution in [3.63, 3.8) is 0 Å². The van der Waals surface area contributed by atoms with Gasteiger partial charge < -0.3 is 9.84 Å². The second-order valence-corrected chi connectivity index (χ2v) is 4.95. The summed E-state index contributed by atoms with van der Waals surface area (Å²) in [5, 5.41) is 9.95. The van der Waals surface area contributed by atoms with E-state index in [-0.39, 0.29) is 6.73 Å². The minimum absolute atomic E-state index is 0.0354. The molecule has 4 nitrogen and oxygen atoms in total. The number of anilines is 1. The molecule has 1 N–H and O–H groups in total. The number of hydrogen-bond donors (Lipinski definition) is 1. The summed E-state index contributed by atoms with van der Waals surface area (Å²) in [6, 6.07) is 14.7. The summed E-state index contributed by atoms with van der Waals surface area (Å²) < 4.78 is 4.96. The number of carboxylic acid groups (broad SMARTS) is 1. The molecule has 0 aliphatic heterocycles. The number of halogens is 1. The van der Waals surface area contributed by atoms with Crippen LogP contribution in [0.2, 0.25) is 5.02 Å². The highest BCUT2D eigenvalue weighted by Gasteiger charge is 2.16. The van der Waals surface area contributed by atoms with Crippen molar-refractivity contribution in [1.82, 2.24) is 0 Å². The van der Waals surface area contributed by atoms with Crippen molar-refractivity contribution >= 4 is 35.5 Å². The van der Waals surface area contributed by atoms with E-state index >= 15 is 0 Å². The van der Waals surface area contributed by atoms with Crippen molar-refractivity contribution in [2.45, 2.75) is 0 Å². The number of hydrogen-bond acceptors (Lipinski definition) is 2. The molecule has 0 atom stereocenters. The van der Waals surface area contributed by atoms with E-state index in [1.54, 1.807) is 12.1 Å². The molecule has 0 heterocycles. The first-order valence-corrected chi connectivity index (χ1v) is 7.02. The second-order valence-electron chi connectivity index (χ2n) is 4.54. The predicted molar refractivity (Wildman–Crippen MR) is 89.2 cm³/mol. The Bertz CT molecular complexity index is 685. The van der Waals surface area contributed by atoms with Gasteiger partial charge in [-0.25, -0.2) is 4.79 Å². The Morgan fingerprint density at radius 2 is 1.73 bits per heavy atom. The topological polar surface area (TPSA) is 49.8 Å². The molecule has 0 radical (unpaired) electrons. The lowest BCUT2D eigenvalue weighted by Crippen LogP contribution is -2.31. The third-order valence-corrected chi connectivity index (χ3v) is 3.41. The Kier molecular flexibility index (Phi) is 5.58. The normalized spacial score (nSPS) is 10.8. The van der Waals surface area contributed by atoms with Crippen LogP contribution in [-0.2, 0) is 4.74 Å². The van der Waals surface area contributed by atoms with Crippen molar-refractivity contribution in [3.05, 3.63) is 64.7 Å². The first-order valence-electron chi connectivity index (χ1n) is 6.64. The highest BCUT2D eigenvalue weighted by Crippen LogP contribution is 2.24. The molecule has 0 aliphatic rings. The molecule has 0 saturated heterocycles.